The third-order valence-corrected chi connectivity index (χ3v) is 2.62. The van der Waals surface area contributed by atoms with Gasteiger partial charge < -0.3 is 14.6 Å². The van der Waals surface area contributed by atoms with E-state index in [9.17, 15) is 5.11 Å². The molecule has 0 aromatic heterocycles. The number of rotatable bonds is 1. The maximum Gasteiger partial charge on any atom is 0.164 e. The molecule has 0 amide bonds. The molecule has 0 radical (unpaired) electrons. The summed E-state index contributed by atoms with van der Waals surface area (Å²) in [5.41, 5.74) is 0.992. The van der Waals surface area contributed by atoms with Gasteiger partial charge in [0.1, 0.15) is 13.2 Å². The van der Waals surface area contributed by atoms with Crippen molar-refractivity contribution in [3.05, 3.63) is 23.3 Å². The first-order valence-electron chi connectivity index (χ1n) is 5.12. The molecular weight excluding hydrogens is 192 g/mol. The summed E-state index contributed by atoms with van der Waals surface area (Å²) in [5, 5.41) is 9.98. The minimum atomic E-state index is -0.847. The predicted molar refractivity (Wildman–Crippen MR) is 57.4 cm³/mol. The summed E-state index contributed by atoms with van der Waals surface area (Å²) in [6.45, 7) is 6.65. The highest BCUT2D eigenvalue weighted by Crippen LogP contribution is 2.38. The molecule has 3 nitrogen and oxygen atoms in total. The Balaban J connectivity index is 2.53. The smallest absolute Gasteiger partial charge is 0.164 e. The minimum Gasteiger partial charge on any atom is -0.486 e. The van der Waals surface area contributed by atoms with Gasteiger partial charge >= 0.3 is 0 Å². The van der Waals surface area contributed by atoms with Gasteiger partial charge in [-0.1, -0.05) is 6.07 Å². The lowest BCUT2D eigenvalue weighted by Crippen LogP contribution is -2.21. The van der Waals surface area contributed by atoms with Crippen LogP contribution in [0, 0.1) is 6.92 Å². The molecule has 2 rings (SSSR count). The molecule has 82 valence electrons. The van der Waals surface area contributed by atoms with Gasteiger partial charge in [-0.2, -0.15) is 0 Å². The summed E-state index contributed by atoms with van der Waals surface area (Å²) in [6.07, 6.45) is 0. The zero-order valence-corrected chi connectivity index (χ0v) is 9.33. The van der Waals surface area contributed by atoms with Crippen LogP contribution in [-0.2, 0) is 5.60 Å². The van der Waals surface area contributed by atoms with Crippen molar-refractivity contribution in [3.63, 3.8) is 0 Å². The molecule has 1 aromatic carbocycles. The zero-order valence-electron chi connectivity index (χ0n) is 9.33. The SMILES string of the molecule is Cc1c(C(C)(C)O)ccc2c1OCCO2. The van der Waals surface area contributed by atoms with Crippen molar-refractivity contribution in [2.75, 3.05) is 13.2 Å². The van der Waals surface area contributed by atoms with Crippen molar-refractivity contribution >= 4 is 0 Å². The first-order valence-corrected chi connectivity index (χ1v) is 5.12. The molecule has 1 heterocycles. The van der Waals surface area contributed by atoms with Gasteiger partial charge in [0.15, 0.2) is 11.5 Å². The molecule has 1 N–H and O–H groups in total. The van der Waals surface area contributed by atoms with Gasteiger partial charge in [0.2, 0.25) is 0 Å². The second-order valence-corrected chi connectivity index (χ2v) is 4.32. The molecule has 15 heavy (non-hydrogen) atoms. The first-order chi connectivity index (χ1) is 7.00. The van der Waals surface area contributed by atoms with E-state index in [1.807, 2.05) is 19.1 Å². The Morgan fingerprint density at radius 1 is 1.20 bits per heavy atom. The van der Waals surface area contributed by atoms with Gasteiger partial charge in [-0.05, 0) is 32.4 Å². The monoisotopic (exact) mass is 208 g/mol. The van der Waals surface area contributed by atoms with Crippen molar-refractivity contribution < 1.29 is 14.6 Å². The van der Waals surface area contributed by atoms with Crippen LogP contribution in [-0.4, -0.2) is 18.3 Å². The van der Waals surface area contributed by atoms with Crippen LogP contribution in [0.4, 0.5) is 0 Å². The maximum absolute atomic E-state index is 9.98. The highest BCUT2D eigenvalue weighted by molar-refractivity contribution is 5.52. The Labute approximate surface area is 89.6 Å². The Hall–Kier alpha value is -1.22. The normalized spacial score (nSPS) is 15.2. The van der Waals surface area contributed by atoms with Crippen LogP contribution < -0.4 is 9.47 Å². The molecule has 1 aromatic rings. The van der Waals surface area contributed by atoms with E-state index in [1.165, 1.54) is 0 Å². The van der Waals surface area contributed by atoms with E-state index in [2.05, 4.69) is 0 Å². The highest BCUT2D eigenvalue weighted by Gasteiger charge is 2.24. The number of hydrogen-bond donors (Lipinski definition) is 1. The predicted octanol–water partition coefficient (Wildman–Crippen LogP) is 1.99. The van der Waals surface area contributed by atoms with Crippen LogP contribution >= 0.6 is 0 Å². The lowest BCUT2D eigenvalue weighted by atomic mass is 9.93. The van der Waals surface area contributed by atoms with Crippen LogP contribution in [0.3, 0.4) is 0 Å². The number of fused-ring (bicyclic) bond motifs is 1. The second-order valence-electron chi connectivity index (χ2n) is 4.32. The van der Waals surface area contributed by atoms with Crippen molar-refractivity contribution in [2.24, 2.45) is 0 Å². The van der Waals surface area contributed by atoms with E-state index in [-0.39, 0.29) is 0 Å². The molecule has 0 atom stereocenters. The molecule has 1 aliphatic heterocycles. The average molecular weight is 208 g/mol. The minimum absolute atomic E-state index is 0.573. The molecule has 0 spiro atoms. The summed E-state index contributed by atoms with van der Waals surface area (Å²) in [7, 11) is 0. The second kappa shape index (κ2) is 3.42. The van der Waals surface area contributed by atoms with E-state index in [4.69, 9.17) is 9.47 Å². The van der Waals surface area contributed by atoms with Gasteiger partial charge in [-0.3, -0.25) is 0 Å². The van der Waals surface area contributed by atoms with E-state index < -0.39 is 5.60 Å². The van der Waals surface area contributed by atoms with Crippen molar-refractivity contribution in [1.29, 1.82) is 0 Å². The average Bonchev–Trinajstić information content (AvgIpc) is 2.16. The third-order valence-electron chi connectivity index (χ3n) is 2.62. The van der Waals surface area contributed by atoms with E-state index in [0.717, 1.165) is 22.6 Å². The van der Waals surface area contributed by atoms with Crippen molar-refractivity contribution in [3.8, 4) is 11.5 Å². The molecule has 0 bridgehead atoms. The molecular formula is C12H16O3. The van der Waals surface area contributed by atoms with Crippen LogP contribution in [0.25, 0.3) is 0 Å². The quantitative estimate of drug-likeness (QED) is 0.767. The number of benzene rings is 1. The molecule has 0 fully saturated rings. The molecule has 0 unspecified atom stereocenters. The molecule has 3 heteroatoms. The van der Waals surface area contributed by atoms with Crippen LogP contribution in [0.5, 0.6) is 11.5 Å². The first kappa shape index (κ1) is 10.3. The molecule has 0 aliphatic carbocycles. The fourth-order valence-corrected chi connectivity index (χ4v) is 1.92. The lowest BCUT2D eigenvalue weighted by molar-refractivity contribution is 0.0768. The van der Waals surface area contributed by atoms with Crippen LogP contribution in [0.2, 0.25) is 0 Å². The van der Waals surface area contributed by atoms with Gasteiger partial charge in [-0.25, -0.2) is 0 Å². The third kappa shape index (κ3) is 1.79. The van der Waals surface area contributed by atoms with Gasteiger partial charge in [0, 0.05) is 5.56 Å². The van der Waals surface area contributed by atoms with E-state index in [0.29, 0.717) is 13.2 Å². The fourth-order valence-electron chi connectivity index (χ4n) is 1.92. The number of aliphatic hydroxyl groups is 1. The topological polar surface area (TPSA) is 38.7 Å². The largest absolute Gasteiger partial charge is 0.486 e. The molecule has 0 saturated heterocycles. The highest BCUT2D eigenvalue weighted by atomic mass is 16.6. The lowest BCUT2D eigenvalue weighted by Gasteiger charge is -2.26. The van der Waals surface area contributed by atoms with Crippen molar-refractivity contribution in [1.82, 2.24) is 0 Å². The van der Waals surface area contributed by atoms with Crippen LogP contribution in [0.15, 0.2) is 12.1 Å². The zero-order chi connectivity index (χ0) is 11.1. The summed E-state index contributed by atoms with van der Waals surface area (Å²) in [6, 6.07) is 3.75. The molecule has 0 saturated carbocycles. The Bertz CT molecular complexity index is 377. The van der Waals surface area contributed by atoms with E-state index >= 15 is 0 Å². The summed E-state index contributed by atoms with van der Waals surface area (Å²) >= 11 is 0. The van der Waals surface area contributed by atoms with Gasteiger partial charge in [-0.15, -0.1) is 0 Å². The summed E-state index contributed by atoms with van der Waals surface area (Å²) < 4.78 is 11.0. The van der Waals surface area contributed by atoms with Gasteiger partial charge in [0.25, 0.3) is 0 Å². The Morgan fingerprint density at radius 3 is 2.53 bits per heavy atom. The standard InChI is InChI=1S/C12H16O3/c1-8-9(12(2,3)13)4-5-10-11(8)15-7-6-14-10/h4-5,13H,6-7H2,1-3H3. The van der Waals surface area contributed by atoms with Crippen LogP contribution in [0.1, 0.15) is 25.0 Å². The fraction of sp³-hybridized carbons (Fsp3) is 0.500. The van der Waals surface area contributed by atoms with Crippen molar-refractivity contribution in [2.45, 2.75) is 26.4 Å². The maximum atomic E-state index is 9.98. The Morgan fingerprint density at radius 2 is 1.87 bits per heavy atom. The number of ether oxygens (including phenoxy) is 2. The molecule has 1 aliphatic rings. The van der Waals surface area contributed by atoms with Gasteiger partial charge in [0.05, 0.1) is 5.60 Å². The Kier molecular flexibility index (Phi) is 2.35. The van der Waals surface area contributed by atoms with E-state index in [1.54, 1.807) is 13.8 Å². The summed E-state index contributed by atoms with van der Waals surface area (Å²) in [5.74, 6) is 1.53. The summed E-state index contributed by atoms with van der Waals surface area (Å²) in [4.78, 5) is 0. The number of hydrogen-bond acceptors (Lipinski definition) is 3.